The maximum absolute atomic E-state index is 8.08. The molecule has 1 saturated heterocycles. The van der Waals surface area contributed by atoms with Crippen LogP contribution in [0, 0.1) is 5.92 Å². The smallest absolute Gasteiger partial charge is 0.156 e. The Kier molecular flexibility index (Phi) is 5.46. The summed E-state index contributed by atoms with van der Waals surface area (Å²) in [4.78, 5) is 0. The summed E-state index contributed by atoms with van der Waals surface area (Å²) in [5, 5.41) is 19.5. The fourth-order valence-electron chi connectivity index (χ4n) is 1.03. The Bertz CT molecular complexity index is 97.6. The van der Waals surface area contributed by atoms with Gasteiger partial charge in [-0.1, -0.05) is 6.92 Å². The van der Waals surface area contributed by atoms with Gasteiger partial charge < -0.3 is 15.5 Å². The molecule has 0 bridgehead atoms. The van der Waals surface area contributed by atoms with Gasteiger partial charge in [-0.2, -0.15) is 0 Å². The first kappa shape index (κ1) is 11.9. The normalized spacial score (nSPS) is 24.2. The summed E-state index contributed by atoms with van der Waals surface area (Å²) in [7, 11) is 0. The summed E-state index contributed by atoms with van der Waals surface area (Å²) in [5.41, 5.74) is 0. The molecule has 12 heavy (non-hydrogen) atoms. The second kappa shape index (κ2) is 5.51. The molecule has 3 heteroatoms. The highest BCUT2D eigenvalue weighted by Crippen LogP contribution is 2.06. The Morgan fingerprint density at radius 3 is 2.00 bits per heavy atom. The summed E-state index contributed by atoms with van der Waals surface area (Å²) in [6.45, 7) is 7.37. The molecule has 0 aromatic rings. The molecule has 1 heterocycles. The molecule has 0 aliphatic carbocycles. The van der Waals surface area contributed by atoms with Crippen LogP contribution in [0.1, 0.15) is 33.6 Å². The van der Waals surface area contributed by atoms with E-state index in [9.17, 15) is 0 Å². The Morgan fingerprint density at radius 1 is 1.33 bits per heavy atom. The first-order chi connectivity index (χ1) is 5.39. The molecular formula is C9H21NO2. The molecule has 0 amide bonds. The van der Waals surface area contributed by atoms with Crippen LogP contribution in [0.25, 0.3) is 0 Å². The molecule has 1 rings (SSSR count). The van der Waals surface area contributed by atoms with Crippen molar-refractivity contribution in [3.8, 4) is 0 Å². The van der Waals surface area contributed by atoms with Crippen molar-refractivity contribution in [1.82, 2.24) is 5.32 Å². The van der Waals surface area contributed by atoms with Crippen molar-refractivity contribution in [3.63, 3.8) is 0 Å². The summed E-state index contributed by atoms with van der Waals surface area (Å²) < 4.78 is 0. The Balaban J connectivity index is 0.000000217. The van der Waals surface area contributed by atoms with Crippen LogP contribution in [0.3, 0.4) is 0 Å². The monoisotopic (exact) mass is 175 g/mol. The van der Waals surface area contributed by atoms with Gasteiger partial charge in [0.1, 0.15) is 0 Å². The highest BCUT2D eigenvalue weighted by atomic mass is 16.5. The maximum atomic E-state index is 8.08. The average Bonchev–Trinajstić information content (AvgIpc) is 1.85. The minimum Gasteiger partial charge on any atom is -0.366 e. The molecule has 1 unspecified atom stereocenters. The number of rotatable bonds is 0. The third kappa shape index (κ3) is 12.5. The molecule has 74 valence electrons. The lowest BCUT2D eigenvalue weighted by Crippen LogP contribution is -2.27. The molecular weight excluding hydrogens is 154 g/mol. The van der Waals surface area contributed by atoms with Gasteiger partial charge in [0.2, 0.25) is 0 Å². The van der Waals surface area contributed by atoms with Crippen LogP contribution in [0.2, 0.25) is 0 Å². The highest BCUT2D eigenvalue weighted by Gasteiger charge is 2.04. The van der Waals surface area contributed by atoms with Crippen LogP contribution in [0.15, 0.2) is 0 Å². The fourth-order valence-corrected chi connectivity index (χ4v) is 1.03. The molecule has 0 saturated carbocycles. The molecule has 0 aromatic heterocycles. The predicted molar refractivity (Wildman–Crippen MR) is 49.8 cm³/mol. The lowest BCUT2D eigenvalue weighted by atomic mass is 10.0. The van der Waals surface area contributed by atoms with Crippen LogP contribution in [0.4, 0.5) is 0 Å². The van der Waals surface area contributed by atoms with Gasteiger partial charge in [-0.3, -0.25) is 0 Å². The Hall–Kier alpha value is -0.120. The fraction of sp³-hybridized carbons (Fsp3) is 1.00. The van der Waals surface area contributed by atoms with Crippen molar-refractivity contribution in [3.05, 3.63) is 0 Å². The van der Waals surface area contributed by atoms with Gasteiger partial charge in [-0.15, -0.1) is 0 Å². The molecule has 1 fully saturated rings. The third-order valence-corrected chi connectivity index (χ3v) is 1.54. The van der Waals surface area contributed by atoms with Gasteiger partial charge in [0, 0.05) is 0 Å². The molecule has 1 aliphatic rings. The number of hydrogen-bond acceptors (Lipinski definition) is 3. The van der Waals surface area contributed by atoms with Crippen molar-refractivity contribution < 1.29 is 10.2 Å². The summed E-state index contributed by atoms with van der Waals surface area (Å²) >= 11 is 0. The van der Waals surface area contributed by atoms with E-state index in [2.05, 4.69) is 12.2 Å². The van der Waals surface area contributed by atoms with E-state index in [0.717, 1.165) is 5.92 Å². The Morgan fingerprint density at radius 2 is 1.83 bits per heavy atom. The van der Waals surface area contributed by atoms with E-state index in [0.29, 0.717) is 0 Å². The van der Waals surface area contributed by atoms with Crippen LogP contribution in [0.5, 0.6) is 0 Å². The lowest BCUT2D eigenvalue weighted by molar-refractivity contribution is -0.127. The molecule has 0 radical (unpaired) electrons. The average molecular weight is 175 g/mol. The predicted octanol–water partition coefficient (Wildman–Crippen LogP) is 0.713. The van der Waals surface area contributed by atoms with Crippen molar-refractivity contribution in [2.75, 3.05) is 13.1 Å². The van der Waals surface area contributed by atoms with E-state index in [1.165, 1.54) is 39.8 Å². The van der Waals surface area contributed by atoms with E-state index in [-0.39, 0.29) is 0 Å². The third-order valence-electron chi connectivity index (χ3n) is 1.54. The second-order valence-electron chi connectivity index (χ2n) is 3.95. The van der Waals surface area contributed by atoms with Crippen LogP contribution in [-0.4, -0.2) is 29.1 Å². The van der Waals surface area contributed by atoms with E-state index in [4.69, 9.17) is 10.2 Å². The van der Waals surface area contributed by atoms with Gasteiger partial charge in [-0.25, -0.2) is 0 Å². The summed E-state index contributed by atoms with van der Waals surface area (Å²) in [6.07, 6.45) is 2.80. The van der Waals surface area contributed by atoms with Crippen molar-refractivity contribution in [2.45, 2.75) is 39.4 Å². The quantitative estimate of drug-likeness (QED) is 0.475. The summed E-state index contributed by atoms with van der Waals surface area (Å²) in [6, 6.07) is 0. The second-order valence-corrected chi connectivity index (χ2v) is 3.95. The van der Waals surface area contributed by atoms with Crippen molar-refractivity contribution in [2.24, 2.45) is 5.92 Å². The minimum absolute atomic E-state index is 0.925. The maximum Gasteiger partial charge on any atom is 0.156 e. The first-order valence-corrected chi connectivity index (χ1v) is 4.55. The van der Waals surface area contributed by atoms with E-state index in [1.54, 1.807) is 0 Å². The van der Waals surface area contributed by atoms with E-state index < -0.39 is 5.79 Å². The highest BCUT2D eigenvalue weighted by molar-refractivity contribution is 4.63. The van der Waals surface area contributed by atoms with E-state index >= 15 is 0 Å². The number of hydrogen-bond donors (Lipinski definition) is 3. The van der Waals surface area contributed by atoms with Gasteiger partial charge in [0.25, 0.3) is 0 Å². The SMILES string of the molecule is CC(C)(O)O.CC1CCCNC1. The molecule has 1 aliphatic heterocycles. The Labute approximate surface area is 74.8 Å². The first-order valence-electron chi connectivity index (χ1n) is 4.55. The number of nitrogens with one attached hydrogen (secondary N) is 1. The standard InChI is InChI=1S/C6H13N.C3H8O2/c1-6-3-2-4-7-5-6;1-3(2,4)5/h6-7H,2-5H2,1H3;4-5H,1-2H3. The largest absolute Gasteiger partial charge is 0.366 e. The van der Waals surface area contributed by atoms with Crippen LogP contribution >= 0.6 is 0 Å². The molecule has 0 spiro atoms. The zero-order valence-corrected chi connectivity index (χ0v) is 8.30. The zero-order chi connectivity index (χ0) is 9.61. The zero-order valence-electron chi connectivity index (χ0n) is 8.30. The lowest BCUT2D eigenvalue weighted by Gasteiger charge is -2.17. The molecule has 3 nitrogen and oxygen atoms in total. The van der Waals surface area contributed by atoms with E-state index in [1.807, 2.05) is 0 Å². The van der Waals surface area contributed by atoms with Gasteiger partial charge in [-0.05, 0) is 45.7 Å². The van der Waals surface area contributed by atoms with Crippen molar-refractivity contribution in [1.29, 1.82) is 0 Å². The number of piperidine rings is 1. The molecule has 3 N–H and O–H groups in total. The van der Waals surface area contributed by atoms with Crippen LogP contribution in [-0.2, 0) is 0 Å². The van der Waals surface area contributed by atoms with Crippen LogP contribution < -0.4 is 5.32 Å². The molecule has 1 atom stereocenters. The van der Waals surface area contributed by atoms with Crippen molar-refractivity contribution >= 4 is 0 Å². The molecule has 0 aromatic carbocycles. The minimum atomic E-state index is -1.50. The summed E-state index contributed by atoms with van der Waals surface area (Å²) in [5.74, 6) is -0.575. The number of aliphatic hydroxyl groups is 2. The van der Waals surface area contributed by atoms with Gasteiger partial charge in [0.15, 0.2) is 5.79 Å². The van der Waals surface area contributed by atoms with Gasteiger partial charge >= 0.3 is 0 Å². The topological polar surface area (TPSA) is 52.5 Å². The van der Waals surface area contributed by atoms with Gasteiger partial charge in [0.05, 0.1) is 0 Å².